The van der Waals surface area contributed by atoms with E-state index in [0.717, 1.165) is 17.5 Å². The molecule has 6 atom stereocenters. The maximum atomic E-state index is 13.4. The minimum Gasteiger partial charge on any atom is -0.463 e. The van der Waals surface area contributed by atoms with Crippen molar-refractivity contribution in [2.45, 2.75) is 113 Å². The van der Waals surface area contributed by atoms with Gasteiger partial charge in [0, 0.05) is 25.3 Å². The lowest BCUT2D eigenvalue weighted by atomic mass is 9.91. The van der Waals surface area contributed by atoms with Gasteiger partial charge in [-0.3, -0.25) is 4.74 Å². The van der Waals surface area contributed by atoms with Gasteiger partial charge in [0.05, 0.1) is 24.7 Å². The highest BCUT2D eigenvalue weighted by atomic mass is 32.2. The largest absolute Gasteiger partial charge is 0.463 e. The molecule has 0 radical (unpaired) electrons. The average Bonchev–Trinajstić information content (AvgIpc) is 3.39. The Morgan fingerprint density at radius 2 is 1.65 bits per heavy atom. The van der Waals surface area contributed by atoms with Crippen molar-refractivity contribution in [2.75, 3.05) is 13.2 Å². The predicted octanol–water partition coefficient (Wildman–Crippen LogP) is 1.70. The number of aliphatic hydroxyl groups is 7. The van der Waals surface area contributed by atoms with Crippen LogP contribution in [-0.4, -0.2) is 106 Å². The molecule has 0 saturated carbocycles. The SMILES string of the molecule is Cc1ccc(SN(CC(O)C(Cc2ccc(OC(C)(C)O)cc2)NC(=O)OC2(O)C3CCOC3(C)OC2(O)O)C(C)(O)C(C)(C)O)cc1. The van der Waals surface area contributed by atoms with Crippen LogP contribution in [0.1, 0.15) is 59.1 Å². The zero-order valence-electron chi connectivity index (χ0n) is 28.2. The molecule has 0 aliphatic carbocycles. The normalized spacial score (nSPS) is 26.4. The lowest BCUT2D eigenvalue weighted by molar-refractivity contribution is -0.447. The molecule has 0 bridgehead atoms. The highest BCUT2D eigenvalue weighted by Crippen LogP contribution is 2.53. The fourth-order valence-corrected chi connectivity index (χ4v) is 6.73. The first-order valence-corrected chi connectivity index (χ1v) is 16.4. The molecule has 6 unspecified atom stereocenters. The molecule has 2 saturated heterocycles. The Morgan fingerprint density at radius 3 is 2.21 bits per heavy atom. The summed E-state index contributed by atoms with van der Waals surface area (Å²) in [6.07, 6.45) is -2.68. The number of hydrogen-bond acceptors (Lipinski definition) is 14. The molecule has 2 aliphatic heterocycles. The van der Waals surface area contributed by atoms with E-state index in [1.165, 1.54) is 45.8 Å². The number of alkyl carbamates (subject to hydrolysis) is 1. The quantitative estimate of drug-likeness (QED) is 0.111. The number of ether oxygens (including phenoxy) is 4. The Bertz CT molecular complexity index is 1410. The van der Waals surface area contributed by atoms with Gasteiger partial charge in [-0.25, -0.2) is 9.10 Å². The van der Waals surface area contributed by atoms with E-state index in [1.54, 1.807) is 24.3 Å². The van der Waals surface area contributed by atoms with Gasteiger partial charge in [0.15, 0.2) is 11.5 Å². The Balaban J connectivity index is 1.62. The van der Waals surface area contributed by atoms with Crippen molar-refractivity contribution in [1.29, 1.82) is 0 Å². The van der Waals surface area contributed by atoms with Crippen LogP contribution in [0.25, 0.3) is 0 Å². The second kappa shape index (κ2) is 13.6. The molecule has 1 amide bonds. The fraction of sp³-hybridized carbons (Fsp3) is 0.606. The van der Waals surface area contributed by atoms with Crippen molar-refractivity contribution in [2.24, 2.45) is 5.92 Å². The van der Waals surface area contributed by atoms with Gasteiger partial charge in [0.25, 0.3) is 0 Å². The first kappa shape index (κ1) is 38.3. The summed E-state index contributed by atoms with van der Waals surface area (Å²) in [5.74, 6) is -10.1. The Morgan fingerprint density at radius 1 is 1.04 bits per heavy atom. The maximum Gasteiger partial charge on any atom is 0.410 e. The van der Waals surface area contributed by atoms with Crippen LogP contribution in [0, 0.1) is 12.8 Å². The molecule has 8 N–H and O–H groups in total. The monoisotopic (exact) mass is 696 g/mol. The zero-order chi connectivity index (χ0) is 35.9. The summed E-state index contributed by atoms with van der Waals surface area (Å²) in [5, 5.41) is 78.9. The Labute approximate surface area is 284 Å². The van der Waals surface area contributed by atoms with E-state index in [2.05, 4.69) is 5.32 Å². The van der Waals surface area contributed by atoms with E-state index in [0.29, 0.717) is 16.2 Å². The van der Waals surface area contributed by atoms with Crippen molar-refractivity contribution in [3.63, 3.8) is 0 Å². The fourth-order valence-electron chi connectivity index (χ4n) is 5.59. The van der Waals surface area contributed by atoms with Gasteiger partial charge >= 0.3 is 17.9 Å². The van der Waals surface area contributed by atoms with E-state index < -0.39 is 58.8 Å². The standard InChI is InChI=1S/C33H48N2O12S/c1-20-8-14-23(15-9-20)48-35(31(7,40)28(2,3)38)19-25(36)24(18-21-10-12-22(13-11-21)45-29(4,5)39)34-27(37)46-32(41)26-16-17-44-30(26,6)47-33(32,42)43/h8-15,24-26,36,38-43H,16-19H2,1-7H3,(H,34,37). The van der Waals surface area contributed by atoms with Crippen LogP contribution in [0.15, 0.2) is 53.4 Å². The second-order valence-electron chi connectivity index (χ2n) is 13.8. The van der Waals surface area contributed by atoms with Crippen molar-refractivity contribution in [3.05, 3.63) is 59.7 Å². The van der Waals surface area contributed by atoms with Gasteiger partial charge in [-0.05, 0) is 89.2 Å². The summed E-state index contributed by atoms with van der Waals surface area (Å²) in [7, 11) is 0. The van der Waals surface area contributed by atoms with E-state index in [9.17, 15) is 40.5 Å². The summed E-state index contributed by atoms with van der Waals surface area (Å²) in [5.41, 5.74) is -1.96. The highest BCUT2D eigenvalue weighted by molar-refractivity contribution is 7.97. The van der Waals surface area contributed by atoms with Crippen molar-refractivity contribution in [3.8, 4) is 5.75 Å². The van der Waals surface area contributed by atoms with E-state index in [1.807, 2.05) is 31.2 Å². The number of carbonyl (C=O) groups is 1. The van der Waals surface area contributed by atoms with Crippen LogP contribution in [0.2, 0.25) is 0 Å². The van der Waals surface area contributed by atoms with Crippen LogP contribution in [0.4, 0.5) is 4.79 Å². The molecule has 48 heavy (non-hydrogen) atoms. The third-order valence-electron chi connectivity index (χ3n) is 8.71. The molecule has 268 valence electrons. The lowest BCUT2D eigenvalue weighted by Crippen LogP contribution is -2.61. The van der Waals surface area contributed by atoms with E-state index >= 15 is 0 Å². The van der Waals surface area contributed by atoms with Crippen LogP contribution in [0.3, 0.4) is 0 Å². The van der Waals surface area contributed by atoms with Gasteiger partial charge in [0.2, 0.25) is 5.79 Å². The smallest absolute Gasteiger partial charge is 0.410 e. The number of aliphatic hydroxyl groups excluding tert-OH is 1. The molecule has 4 rings (SSSR count). The lowest BCUT2D eigenvalue weighted by Gasteiger charge is -2.45. The van der Waals surface area contributed by atoms with Gasteiger partial charge in [-0.15, -0.1) is 0 Å². The summed E-state index contributed by atoms with van der Waals surface area (Å²) in [6.45, 7) is 10.3. The summed E-state index contributed by atoms with van der Waals surface area (Å²) in [4.78, 5) is 14.1. The minimum atomic E-state index is -3.30. The number of nitrogens with one attached hydrogen (secondary N) is 1. The summed E-state index contributed by atoms with van der Waals surface area (Å²) in [6, 6.07) is 12.7. The molecular formula is C33H48N2O12S. The molecule has 0 spiro atoms. The zero-order valence-corrected chi connectivity index (χ0v) is 29.0. The Hall–Kier alpha value is -2.54. The van der Waals surface area contributed by atoms with Crippen molar-refractivity contribution in [1.82, 2.24) is 9.62 Å². The van der Waals surface area contributed by atoms with Crippen LogP contribution in [-0.2, 0) is 20.6 Å². The molecule has 2 aromatic rings. The first-order chi connectivity index (χ1) is 22.0. The number of fused-ring (bicyclic) bond motifs is 1. The number of nitrogens with zero attached hydrogens (tertiary/aromatic N) is 1. The Kier molecular flexibility index (Phi) is 10.9. The van der Waals surface area contributed by atoms with Crippen molar-refractivity contribution >= 4 is 18.0 Å². The minimum absolute atomic E-state index is 0.0185. The molecule has 14 nitrogen and oxygen atoms in total. The third kappa shape index (κ3) is 8.42. The topological polar surface area (TPSA) is 211 Å². The number of hydrogen-bond donors (Lipinski definition) is 8. The second-order valence-corrected chi connectivity index (χ2v) is 14.9. The van der Waals surface area contributed by atoms with E-state index in [-0.39, 0.29) is 26.0 Å². The predicted molar refractivity (Wildman–Crippen MR) is 173 cm³/mol. The molecule has 0 aromatic heterocycles. The van der Waals surface area contributed by atoms with E-state index in [4.69, 9.17) is 18.9 Å². The van der Waals surface area contributed by atoms with Crippen LogP contribution in [0.5, 0.6) is 5.75 Å². The number of benzene rings is 2. The highest BCUT2D eigenvalue weighted by Gasteiger charge is 2.75. The third-order valence-corrected chi connectivity index (χ3v) is 9.92. The van der Waals surface area contributed by atoms with Crippen LogP contribution < -0.4 is 10.1 Å². The van der Waals surface area contributed by atoms with Crippen molar-refractivity contribution < 1.29 is 59.5 Å². The number of rotatable bonds is 13. The number of aryl methyl sites for hydroxylation is 1. The van der Waals surface area contributed by atoms with Gasteiger partial charge in [-0.1, -0.05) is 29.8 Å². The number of amides is 1. The first-order valence-electron chi connectivity index (χ1n) is 15.6. The molecule has 2 aliphatic rings. The van der Waals surface area contributed by atoms with Gasteiger partial charge in [0.1, 0.15) is 11.4 Å². The molecule has 2 aromatic carbocycles. The van der Waals surface area contributed by atoms with Gasteiger partial charge < -0.3 is 55.3 Å². The molecular weight excluding hydrogens is 648 g/mol. The van der Waals surface area contributed by atoms with Crippen LogP contribution >= 0.6 is 11.9 Å². The average molecular weight is 697 g/mol. The molecule has 15 heteroatoms. The molecule has 2 fully saturated rings. The van der Waals surface area contributed by atoms with Gasteiger partial charge in [-0.2, -0.15) is 0 Å². The summed E-state index contributed by atoms with van der Waals surface area (Å²) >= 11 is 1.09. The summed E-state index contributed by atoms with van der Waals surface area (Å²) < 4.78 is 22.7. The number of carbonyl (C=O) groups excluding carboxylic acids is 1. The maximum absolute atomic E-state index is 13.4. The molecule has 2 heterocycles.